The van der Waals surface area contributed by atoms with Crippen LogP contribution in [0, 0.1) is 5.82 Å². The van der Waals surface area contributed by atoms with Gasteiger partial charge in [-0.3, -0.25) is 4.90 Å². The lowest BCUT2D eigenvalue weighted by atomic mass is 10.1. The van der Waals surface area contributed by atoms with E-state index in [9.17, 15) is 4.39 Å². The van der Waals surface area contributed by atoms with Gasteiger partial charge in [0.1, 0.15) is 5.82 Å². The van der Waals surface area contributed by atoms with Gasteiger partial charge in [0.05, 0.1) is 5.69 Å². The Kier molecular flexibility index (Phi) is 4.22. The summed E-state index contributed by atoms with van der Waals surface area (Å²) in [7, 11) is 0. The monoisotopic (exact) mass is 277 g/mol. The molecule has 1 aliphatic heterocycles. The Morgan fingerprint density at radius 1 is 1.10 bits per heavy atom. The van der Waals surface area contributed by atoms with Crippen LogP contribution in [0.1, 0.15) is 31.2 Å². The molecule has 1 heterocycles. The summed E-state index contributed by atoms with van der Waals surface area (Å²) in [5.74, 6) is -0.137. The maximum absolute atomic E-state index is 14.1. The van der Waals surface area contributed by atoms with Crippen molar-refractivity contribution in [3.8, 4) is 0 Å². The summed E-state index contributed by atoms with van der Waals surface area (Å²) in [5, 5.41) is 0. The lowest BCUT2D eigenvalue weighted by Crippen LogP contribution is -2.50. The Labute approximate surface area is 120 Å². The molecule has 0 unspecified atom stereocenters. The summed E-state index contributed by atoms with van der Waals surface area (Å²) in [5.41, 5.74) is 7.39. The van der Waals surface area contributed by atoms with Crippen LogP contribution < -0.4 is 10.6 Å². The quantitative estimate of drug-likeness (QED) is 0.920. The Bertz CT molecular complexity index is 449. The van der Waals surface area contributed by atoms with E-state index in [2.05, 4.69) is 9.80 Å². The zero-order valence-corrected chi connectivity index (χ0v) is 12.0. The number of hydrogen-bond donors (Lipinski definition) is 1. The normalized spacial score (nSPS) is 21.6. The van der Waals surface area contributed by atoms with Crippen LogP contribution in [0.5, 0.6) is 0 Å². The van der Waals surface area contributed by atoms with E-state index in [1.165, 1.54) is 31.7 Å². The zero-order chi connectivity index (χ0) is 13.9. The highest BCUT2D eigenvalue weighted by Crippen LogP contribution is 2.28. The average molecular weight is 277 g/mol. The molecule has 3 nitrogen and oxygen atoms in total. The van der Waals surface area contributed by atoms with Crippen LogP contribution in [0.2, 0.25) is 0 Å². The van der Waals surface area contributed by atoms with E-state index >= 15 is 0 Å². The topological polar surface area (TPSA) is 32.5 Å². The Morgan fingerprint density at radius 2 is 1.80 bits per heavy atom. The third-order valence-electron chi connectivity index (χ3n) is 4.76. The number of anilines is 1. The van der Waals surface area contributed by atoms with Crippen LogP contribution in [-0.2, 0) is 6.54 Å². The lowest BCUT2D eigenvalue weighted by Gasteiger charge is -2.39. The molecule has 2 N–H and O–H groups in total. The standard InChI is InChI=1S/C16H24FN3/c17-15-7-3-4-13(12-18)16(15)20-10-8-19(9-11-20)14-5-1-2-6-14/h3-4,7,14H,1-2,5-6,8-12,18H2. The van der Waals surface area contributed by atoms with Crippen molar-refractivity contribution in [1.82, 2.24) is 4.90 Å². The molecule has 20 heavy (non-hydrogen) atoms. The molecule has 2 fully saturated rings. The van der Waals surface area contributed by atoms with E-state index in [1.54, 1.807) is 6.07 Å². The van der Waals surface area contributed by atoms with Gasteiger partial charge in [-0.05, 0) is 24.5 Å². The molecular weight excluding hydrogens is 253 g/mol. The summed E-state index contributed by atoms with van der Waals surface area (Å²) in [4.78, 5) is 4.76. The fourth-order valence-electron chi connectivity index (χ4n) is 3.66. The van der Waals surface area contributed by atoms with Gasteiger partial charge in [-0.1, -0.05) is 25.0 Å². The van der Waals surface area contributed by atoms with E-state index in [-0.39, 0.29) is 5.82 Å². The molecule has 0 bridgehead atoms. The second-order valence-corrected chi connectivity index (χ2v) is 5.91. The average Bonchev–Trinajstić information content (AvgIpc) is 3.01. The van der Waals surface area contributed by atoms with E-state index in [4.69, 9.17) is 5.73 Å². The molecular formula is C16H24FN3. The fourth-order valence-corrected chi connectivity index (χ4v) is 3.66. The van der Waals surface area contributed by atoms with Gasteiger partial charge >= 0.3 is 0 Å². The summed E-state index contributed by atoms with van der Waals surface area (Å²) >= 11 is 0. The van der Waals surface area contributed by atoms with E-state index in [0.29, 0.717) is 6.54 Å². The SMILES string of the molecule is NCc1cccc(F)c1N1CCN(C2CCCC2)CC1. The summed E-state index contributed by atoms with van der Waals surface area (Å²) in [6.45, 7) is 4.30. The highest BCUT2D eigenvalue weighted by Gasteiger charge is 2.27. The van der Waals surface area contributed by atoms with Crippen LogP contribution in [-0.4, -0.2) is 37.1 Å². The number of benzene rings is 1. The molecule has 0 atom stereocenters. The van der Waals surface area contributed by atoms with Crippen LogP contribution in [0.15, 0.2) is 18.2 Å². The van der Waals surface area contributed by atoms with Crippen LogP contribution in [0.3, 0.4) is 0 Å². The first-order valence-electron chi connectivity index (χ1n) is 7.76. The maximum Gasteiger partial charge on any atom is 0.146 e. The minimum absolute atomic E-state index is 0.137. The summed E-state index contributed by atoms with van der Waals surface area (Å²) in [6.07, 6.45) is 5.42. The molecule has 0 radical (unpaired) electrons. The number of halogens is 1. The molecule has 1 aliphatic carbocycles. The van der Waals surface area contributed by atoms with E-state index in [0.717, 1.165) is 43.5 Å². The second kappa shape index (κ2) is 6.10. The van der Waals surface area contributed by atoms with Gasteiger partial charge in [0, 0.05) is 38.8 Å². The highest BCUT2D eigenvalue weighted by molar-refractivity contribution is 5.55. The van der Waals surface area contributed by atoms with Crippen molar-refractivity contribution in [2.24, 2.45) is 5.73 Å². The van der Waals surface area contributed by atoms with Gasteiger partial charge in [-0.2, -0.15) is 0 Å². The zero-order valence-electron chi connectivity index (χ0n) is 12.0. The molecule has 0 aromatic heterocycles. The number of nitrogens with two attached hydrogens (primary N) is 1. The third kappa shape index (κ3) is 2.67. The Hall–Kier alpha value is -1.13. The molecule has 4 heteroatoms. The van der Waals surface area contributed by atoms with Crippen molar-refractivity contribution in [3.05, 3.63) is 29.6 Å². The van der Waals surface area contributed by atoms with Crippen LogP contribution in [0.25, 0.3) is 0 Å². The summed E-state index contributed by atoms with van der Waals surface area (Å²) in [6, 6.07) is 5.99. The van der Waals surface area contributed by atoms with Crippen LogP contribution in [0.4, 0.5) is 10.1 Å². The molecule has 110 valence electrons. The van der Waals surface area contributed by atoms with Gasteiger partial charge in [-0.25, -0.2) is 4.39 Å². The second-order valence-electron chi connectivity index (χ2n) is 5.91. The fraction of sp³-hybridized carbons (Fsp3) is 0.625. The number of nitrogens with zero attached hydrogens (tertiary/aromatic N) is 2. The number of rotatable bonds is 3. The highest BCUT2D eigenvalue weighted by atomic mass is 19.1. The van der Waals surface area contributed by atoms with E-state index in [1.807, 2.05) is 6.07 Å². The van der Waals surface area contributed by atoms with Crippen molar-refractivity contribution in [3.63, 3.8) is 0 Å². The molecule has 1 saturated heterocycles. The number of para-hydroxylation sites is 1. The first-order valence-corrected chi connectivity index (χ1v) is 7.76. The van der Waals surface area contributed by atoms with Crippen molar-refractivity contribution < 1.29 is 4.39 Å². The Balaban J connectivity index is 1.68. The number of piperazine rings is 1. The minimum atomic E-state index is -0.137. The van der Waals surface area contributed by atoms with Gasteiger partial charge in [-0.15, -0.1) is 0 Å². The van der Waals surface area contributed by atoms with Crippen molar-refractivity contribution >= 4 is 5.69 Å². The van der Waals surface area contributed by atoms with Crippen molar-refractivity contribution in [2.75, 3.05) is 31.1 Å². The van der Waals surface area contributed by atoms with Gasteiger partial charge < -0.3 is 10.6 Å². The van der Waals surface area contributed by atoms with E-state index < -0.39 is 0 Å². The van der Waals surface area contributed by atoms with Gasteiger partial charge in [0.15, 0.2) is 0 Å². The molecule has 0 amide bonds. The minimum Gasteiger partial charge on any atom is -0.366 e. The van der Waals surface area contributed by atoms with Gasteiger partial charge in [0.25, 0.3) is 0 Å². The van der Waals surface area contributed by atoms with Crippen molar-refractivity contribution in [1.29, 1.82) is 0 Å². The predicted octanol–water partition coefficient (Wildman–Crippen LogP) is 2.35. The predicted molar refractivity (Wildman–Crippen MR) is 80.3 cm³/mol. The molecule has 0 spiro atoms. The first kappa shape index (κ1) is 13.8. The molecule has 1 aromatic carbocycles. The smallest absolute Gasteiger partial charge is 0.146 e. The molecule has 2 aliphatic rings. The van der Waals surface area contributed by atoms with Crippen molar-refractivity contribution in [2.45, 2.75) is 38.3 Å². The largest absolute Gasteiger partial charge is 0.366 e. The van der Waals surface area contributed by atoms with Gasteiger partial charge in [0.2, 0.25) is 0 Å². The lowest BCUT2D eigenvalue weighted by molar-refractivity contribution is 0.187. The molecule has 1 saturated carbocycles. The third-order valence-corrected chi connectivity index (χ3v) is 4.76. The summed E-state index contributed by atoms with van der Waals surface area (Å²) < 4.78 is 14.1. The maximum atomic E-state index is 14.1. The number of hydrogen-bond acceptors (Lipinski definition) is 3. The molecule has 1 aromatic rings. The van der Waals surface area contributed by atoms with Crippen LogP contribution >= 0.6 is 0 Å². The Morgan fingerprint density at radius 3 is 2.45 bits per heavy atom. The first-order chi connectivity index (χ1) is 9.79. The molecule has 3 rings (SSSR count).